The Kier molecular flexibility index (Phi) is 5.83. The van der Waals surface area contributed by atoms with Gasteiger partial charge in [-0.15, -0.1) is 0 Å². The Labute approximate surface area is 197 Å². The molecule has 9 nitrogen and oxygen atoms in total. The van der Waals surface area contributed by atoms with Crippen LogP contribution in [0.4, 0.5) is 0 Å². The molecule has 0 aliphatic carbocycles. The van der Waals surface area contributed by atoms with Gasteiger partial charge in [0.15, 0.2) is 5.82 Å². The van der Waals surface area contributed by atoms with Gasteiger partial charge in [-0.25, -0.2) is 0 Å². The number of aromatic nitrogens is 5. The molecule has 0 saturated carbocycles. The molecule has 0 bridgehead atoms. The van der Waals surface area contributed by atoms with Gasteiger partial charge in [0.05, 0.1) is 36.8 Å². The van der Waals surface area contributed by atoms with Crippen molar-refractivity contribution in [1.29, 1.82) is 0 Å². The summed E-state index contributed by atoms with van der Waals surface area (Å²) in [6.45, 7) is 4.62. The molecule has 1 fully saturated rings. The molecule has 1 aliphatic heterocycles. The van der Waals surface area contributed by atoms with E-state index in [2.05, 4.69) is 28.3 Å². The quantitative estimate of drug-likeness (QED) is 0.427. The molecular weight excluding hydrogens is 432 g/mol. The van der Waals surface area contributed by atoms with Gasteiger partial charge in [0.2, 0.25) is 0 Å². The first-order valence-electron chi connectivity index (χ1n) is 11.4. The summed E-state index contributed by atoms with van der Waals surface area (Å²) in [7, 11) is 1.59. The van der Waals surface area contributed by atoms with Crippen LogP contribution in [0.2, 0.25) is 0 Å². The van der Waals surface area contributed by atoms with Crippen LogP contribution < -0.4 is 4.74 Å². The molecule has 0 radical (unpaired) electrons. The molecule has 5 rings (SSSR count). The first-order valence-corrected chi connectivity index (χ1v) is 11.4. The summed E-state index contributed by atoms with van der Waals surface area (Å²) < 4.78 is 11.1. The number of ether oxygens (including phenoxy) is 1. The number of carbonyl (C=O) groups excluding carboxylic acids is 1. The Morgan fingerprint density at radius 2 is 2.00 bits per heavy atom. The average Bonchev–Trinajstić information content (AvgIpc) is 3.64. The van der Waals surface area contributed by atoms with Crippen molar-refractivity contribution in [2.45, 2.75) is 39.2 Å². The third-order valence-corrected chi connectivity index (χ3v) is 6.26. The van der Waals surface area contributed by atoms with E-state index in [-0.39, 0.29) is 11.9 Å². The van der Waals surface area contributed by atoms with E-state index in [4.69, 9.17) is 14.2 Å². The molecule has 0 spiro atoms. The van der Waals surface area contributed by atoms with Gasteiger partial charge in [-0.2, -0.15) is 20.0 Å². The minimum atomic E-state index is -0.274. The largest absolute Gasteiger partial charge is 0.496 e. The van der Waals surface area contributed by atoms with Gasteiger partial charge in [-0.1, -0.05) is 30.3 Å². The topological polar surface area (TPSA) is 99.2 Å². The van der Waals surface area contributed by atoms with E-state index >= 15 is 0 Å². The Morgan fingerprint density at radius 3 is 2.76 bits per heavy atom. The van der Waals surface area contributed by atoms with E-state index in [1.54, 1.807) is 30.5 Å². The number of hydrogen-bond donors (Lipinski definition) is 0. The van der Waals surface area contributed by atoms with Gasteiger partial charge in [0.25, 0.3) is 11.8 Å². The third kappa shape index (κ3) is 3.83. The second-order valence-electron chi connectivity index (χ2n) is 8.28. The maximum absolute atomic E-state index is 13.8. The van der Waals surface area contributed by atoms with Gasteiger partial charge in [0, 0.05) is 12.1 Å². The summed E-state index contributed by atoms with van der Waals surface area (Å²) in [5.74, 6) is 1.48. The highest BCUT2D eigenvalue weighted by atomic mass is 16.5. The predicted octanol–water partition coefficient (Wildman–Crippen LogP) is 4.17. The highest BCUT2D eigenvalue weighted by Crippen LogP contribution is 2.35. The molecule has 3 heterocycles. The summed E-state index contributed by atoms with van der Waals surface area (Å²) >= 11 is 0. The zero-order chi connectivity index (χ0) is 23.7. The lowest BCUT2D eigenvalue weighted by molar-refractivity contribution is 0.0727. The van der Waals surface area contributed by atoms with Gasteiger partial charge in [-0.3, -0.25) is 4.79 Å². The monoisotopic (exact) mass is 458 g/mol. The van der Waals surface area contributed by atoms with Gasteiger partial charge < -0.3 is 14.2 Å². The van der Waals surface area contributed by atoms with Crippen LogP contribution in [0.15, 0.2) is 53.3 Å². The van der Waals surface area contributed by atoms with Crippen molar-refractivity contribution in [3.05, 3.63) is 71.3 Å². The Bertz CT molecular complexity index is 1310. The number of carbonyl (C=O) groups is 1. The normalized spacial score (nSPS) is 15.6. The number of aryl methyl sites for hydroxylation is 2. The van der Waals surface area contributed by atoms with Crippen molar-refractivity contribution in [2.24, 2.45) is 0 Å². The lowest BCUT2D eigenvalue weighted by Crippen LogP contribution is -2.32. The van der Waals surface area contributed by atoms with E-state index < -0.39 is 0 Å². The van der Waals surface area contributed by atoms with Crippen molar-refractivity contribution in [3.63, 3.8) is 0 Å². The number of nitrogens with zero attached hydrogens (tertiary/aromatic N) is 6. The summed E-state index contributed by atoms with van der Waals surface area (Å²) in [6, 6.07) is 11.3. The van der Waals surface area contributed by atoms with Crippen LogP contribution in [0.5, 0.6) is 5.75 Å². The maximum atomic E-state index is 13.8. The van der Waals surface area contributed by atoms with Crippen LogP contribution in [-0.2, 0) is 6.42 Å². The number of hydrogen-bond acceptors (Lipinski definition) is 7. The molecule has 9 heteroatoms. The zero-order valence-corrected chi connectivity index (χ0v) is 19.4. The number of benzene rings is 2. The highest BCUT2D eigenvalue weighted by molar-refractivity contribution is 5.98. The van der Waals surface area contributed by atoms with Crippen LogP contribution in [-0.4, -0.2) is 49.6 Å². The lowest BCUT2D eigenvalue weighted by atomic mass is 10.1. The average molecular weight is 459 g/mol. The summed E-state index contributed by atoms with van der Waals surface area (Å²) in [5.41, 5.74) is 4.02. The van der Waals surface area contributed by atoms with Crippen molar-refractivity contribution in [1.82, 2.24) is 30.0 Å². The van der Waals surface area contributed by atoms with Gasteiger partial charge >= 0.3 is 0 Å². The lowest BCUT2D eigenvalue weighted by Gasteiger charge is -2.24. The van der Waals surface area contributed by atoms with Crippen LogP contribution in [0.25, 0.3) is 17.1 Å². The molecule has 174 valence electrons. The standard InChI is InChI=1S/C25H26N6O3/c1-4-17-8-5-6-9-18(17)24-28-23(29-34-24)20-10-7-13-30(20)25(32)19-15-22(33-3)16(2)14-21(19)31-26-11-12-27-31/h5-6,8-9,11-12,14-15,20H,4,7,10,13H2,1-3H3. The second-order valence-corrected chi connectivity index (χ2v) is 8.28. The first-order chi connectivity index (χ1) is 16.6. The Hall–Kier alpha value is -4.01. The van der Waals surface area contributed by atoms with Crippen LogP contribution in [0, 0.1) is 6.92 Å². The number of amides is 1. The molecule has 0 N–H and O–H groups in total. The zero-order valence-electron chi connectivity index (χ0n) is 19.4. The molecule has 1 amide bonds. The van der Waals surface area contributed by atoms with Crippen LogP contribution in [0.3, 0.4) is 0 Å². The molecule has 34 heavy (non-hydrogen) atoms. The van der Waals surface area contributed by atoms with Crippen molar-refractivity contribution in [2.75, 3.05) is 13.7 Å². The molecule has 2 aromatic heterocycles. The van der Waals surface area contributed by atoms with Gasteiger partial charge in [0.1, 0.15) is 5.75 Å². The van der Waals surface area contributed by atoms with E-state index in [9.17, 15) is 4.79 Å². The van der Waals surface area contributed by atoms with E-state index in [0.29, 0.717) is 35.3 Å². The van der Waals surface area contributed by atoms with E-state index in [1.165, 1.54) is 4.80 Å². The minimum Gasteiger partial charge on any atom is -0.496 e. The third-order valence-electron chi connectivity index (χ3n) is 6.26. The molecule has 1 unspecified atom stereocenters. The van der Waals surface area contributed by atoms with Crippen molar-refractivity contribution in [3.8, 4) is 22.9 Å². The number of methoxy groups -OCH3 is 1. The second kappa shape index (κ2) is 9.09. The van der Waals surface area contributed by atoms with Crippen LogP contribution >= 0.6 is 0 Å². The fraction of sp³-hybridized carbons (Fsp3) is 0.320. The SMILES string of the molecule is CCc1ccccc1-c1nc(C2CCCN2C(=O)c2cc(OC)c(C)cc2-n2nccn2)no1. The summed E-state index contributed by atoms with van der Waals surface area (Å²) in [4.78, 5) is 21.8. The molecule has 1 saturated heterocycles. The van der Waals surface area contributed by atoms with Crippen molar-refractivity contribution >= 4 is 5.91 Å². The molecular formula is C25H26N6O3. The Morgan fingerprint density at radius 1 is 1.21 bits per heavy atom. The number of likely N-dealkylation sites (tertiary alicyclic amines) is 1. The number of rotatable bonds is 6. The highest BCUT2D eigenvalue weighted by Gasteiger charge is 2.35. The van der Waals surface area contributed by atoms with Crippen LogP contribution in [0.1, 0.15) is 53.1 Å². The van der Waals surface area contributed by atoms with Crippen molar-refractivity contribution < 1.29 is 14.1 Å². The minimum absolute atomic E-state index is 0.145. The summed E-state index contributed by atoms with van der Waals surface area (Å²) in [6.07, 6.45) is 5.65. The molecule has 2 aromatic carbocycles. The Balaban J connectivity index is 1.50. The van der Waals surface area contributed by atoms with E-state index in [0.717, 1.165) is 36.0 Å². The predicted molar refractivity (Wildman–Crippen MR) is 125 cm³/mol. The van der Waals surface area contributed by atoms with E-state index in [1.807, 2.05) is 31.2 Å². The fourth-order valence-corrected chi connectivity index (χ4v) is 4.52. The smallest absolute Gasteiger partial charge is 0.258 e. The first kappa shape index (κ1) is 21.8. The maximum Gasteiger partial charge on any atom is 0.258 e. The molecule has 1 aliphatic rings. The fourth-order valence-electron chi connectivity index (χ4n) is 4.52. The molecule has 1 atom stereocenters. The van der Waals surface area contributed by atoms with Gasteiger partial charge in [-0.05, 0) is 55.5 Å². The molecule has 4 aromatic rings. The summed E-state index contributed by atoms with van der Waals surface area (Å²) in [5, 5.41) is 12.7.